The Morgan fingerprint density at radius 2 is 1.97 bits per heavy atom. The van der Waals surface area contributed by atoms with Crippen molar-refractivity contribution < 1.29 is 29.2 Å². The summed E-state index contributed by atoms with van der Waals surface area (Å²) in [5, 5.41) is 26.0. The number of rotatable bonds is 10. The number of urea groups is 1. The first-order chi connectivity index (χ1) is 17.4. The molecule has 4 amide bonds. The fraction of sp³-hybridized carbons (Fsp3) is 0.409. The summed E-state index contributed by atoms with van der Waals surface area (Å²) in [4.78, 5) is 48.6. The zero-order chi connectivity index (χ0) is 25.7. The van der Waals surface area contributed by atoms with Gasteiger partial charge in [-0.2, -0.15) is 10.2 Å². The molecule has 2 aliphatic heterocycles. The molecular formula is C22H28N8O6. The lowest BCUT2D eigenvalue weighted by molar-refractivity contribution is -0.141. The SMILES string of the molecule is CN/C(=N\OCC(=O)NCCNC(=O)O)[C@@H]1c2c(cnn2C)[C@@H]2CN1C(=O)N2OCc1ccccc1. The summed E-state index contributed by atoms with van der Waals surface area (Å²) in [5.74, 6) is -0.152. The van der Waals surface area contributed by atoms with Crippen molar-refractivity contribution in [3.8, 4) is 0 Å². The van der Waals surface area contributed by atoms with Gasteiger partial charge in [0.15, 0.2) is 12.4 Å². The summed E-state index contributed by atoms with van der Waals surface area (Å²) in [5.41, 5.74) is 2.53. The lowest BCUT2D eigenvalue weighted by atomic mass is 9.97. The van der Waals surface area contributed by atoms with Crippen LogP contribution >= 0.6 is 0 Å². The van der Waals surface area contributed by atoms with Gasteiger partial charge in [-0.05, 0) is 5.56 Å². The van der Waals surface area contributed by atoms with E-state index in [1.165, 1.54) is 5.06 Å². The van der Waals surface area contributed by atoms with Gasteiger partial charge in [0.05, 0.1) is 18.4 Å². The maximum Gasteiger partial charge on any atom is 0.404 e. The molecule has 4 N–H and O–H groups in total. The van der Waals surface area contributed by atoms with Gasteiger partial charge in [-0.1, -0.05) is 35.5 Å². The predicted octanol–water partition coefficient (Wildman–Crippen LogP) is 0.319. The Balaban J connectivity index is 1.46. The summed E-state index contributed by atoms with van der Waals surface area (Å²) >= 11 is 0. The molecule has 36 heavy (non-hydrogen) atoms. The Kier molecular flexibility index (Phi) is 7.53. The molecule has 0 spiro atoms. The van der Waals surface area contributed by atoms with Crippen molar-refractivity contribution in [1.82, 2.24) is 35.7 Å². The molecule has 2 atom stereocenters. The molecule has 2 aromatic rings. The number of carboxylic acid groups (broad SMARTS) is 1. The molecule has 3 heterocycles. The number of oxime groups is 1. The fourth-order valence-corrected chi connectivity index (χ4v) is 4.20. The van der Waals surface area contributed by atoms with Crippen molar-refractivity contribution in [2.75, 3.05) is 33.3 Å². The standard InChI is InChI=1S/C22H28N8O6/c1-23-20(27-35-13-17(31)24-8-9-25-21(32)33)19-18-15(10-26-28(18)2)16-11-29(19)22(34)30(16)36-12-14-6-4-3-5-7-14/h3-7,10,16,19,25H,8-9,11-13H2,1-2H3,(H,23,27)(H,24,31)(H,32,33)/t16-,19-/m0/s1. The van der Waals surface area contributed by atoms with Crippen LogP contribution in [0.15, 0.2) is 41.7 Å². The summed E-state index contributed by atoms with van der Waals surface area (Å²) in [6.45, 7) is 0.407. The first-order valence-electron chi connectivity index (χ1n) is 11.3. The topological polar surface area (TPSA) is 163 Å². The molecule has 14 heteroatoms. The Labute approximate surface area is 206 Å². The minimum absolute atomic E-state index is 0.0680. The molecule has 0 unspecified atom stereocenters. The van der Waals surface area contributed by atoms with Crippen molar-refractivity contribution in [2.24, 2.45) is 12.2 Å². The average Bonchev–Trinajstić information content (AvgIpc) is 3.38. The Morgan fingerprint density at radius 1 is 1.22 bits per heavy atom. The number of likely N-dealkylation sites (N-methyl/N-ethyl adjacent to an activating group) is 1. The fourth-order valence-electron chi connectivity index (χ4n) is 4.20. The molecule has 1 fully saturated rings. The third kappa shape index (κ3) is 5.17. The molecule has 4 rings (SSSR count). The number of nitrogens with one attached hydrogen (secondary N) is 3. The Bertz CT molecular complexity index is 1140. The number of hydrogen-bond acceptors (Lipinski definition) is 7. The van der Waals surface area contributed by atoms with Crippen LogP contribution in [-0.2, 0) is 28.1 Å². The van der Waals surface area contributed by atoms with Gasteiger partial charge in [0.2, 0.25) is 0 Å². The van der Waals surface area contributed by atoms with Gasteiger partial charge in [0.25, 0.3) is 5.91 Å². The van der Waals surface area contributed by atoms with Gasteiger partial charge in [0, 0.05) is 32.7 Å². The van der Waals surface area contributed by atoms with Gasteiger partial charge < -0.3 is 30.8 Å². The molecule has 1 aromatic heterocycles. The molecule has 192 valence electrons. The highest BCUT2D eigenvalue weighted by molar-refractivity contribution is 5.93. The lowest BCUT2D eigenvalue weighted by Crippen LogP contribution is -2.43. The van der Waals surface area contributed by atoms with E-state index in [0.717, 1.165) is 16.8 Å². The van der Waals surface area contributed by atoms with Gasteiger partial charge in [-0.15, -0.1) is 0 Å². The van der Waals surface area contributed by atoms with E-state index in [-0.39, 0.29) is 38.4 Å². The Hall–Kier alpha value is -4.33. The molecule has 0 aliphatic carbocycles. The van der Waals surface area contributed by atoms with Crippen molar-refractivity contribution >= 4 is 23.9 Å². The highest BCUT2D eigenvalue weighted by Crippen LogP contribution is 2.44. The van der Waals surface area contributed by atoms with Crippen LogP contribution in [0, 0.1) is 0 Å². The van der Waals surface area contributed by atoms with Crippen LogP contribution in [0.3, 0.4) is 0 Å². The molecule has 1 aromatic carbocycles. The van der Waals surface area contributed by atoms with Crippen molar-refractivity contribution in [1.29, 1.82) is 0 Å². The highest BCUT2D eigenvalue weighted by atomic mass is 16.7. The monoisotopic (exact) mass is 500 g/mol. The van der Waals surface area contributed by atoms with Gasteiger partial charge in [-0.3, -0.25) is 14.3 Å². The maximum absolute atomic E-state index is 13.4. The van der Waals surface area contributed by atoms with E-state index in [9.17, 15) is 14.4 Å². The van der Waals surface area contributed by atoms with Crippen LogP contribution in [0.4, 0.5) is 9.59 Å². The quantitative estimate of drug-likeness (QED) is 0.157. The normalized spacial score (nSPS) is 18.6. The van der Waals surface area contributed by atoms with E-state index in [1.54, 1.807) is 29.9 Å². The number of amidine groups is 1. The van der Waals surface area contributed by atoms with Crippen molar-refractivity contribution in [3.05, 3.63) is 53.3 Å². The first-order valence-corrected chi connectivity index (χ1v) is 11.3. The summed E-state index contributed by atoms with van der Waals surface area (Å²) in [6, 6.07) is 8.30. The van der Waals surface area contributed by atoms with Crippen molar-refractivity contribution in [3.63, 3.8) is 0 Å². The predicted molar refractivity (Wildman–Crippen MR) is 125 cm³/mol. The van der Waals surface area contributed by atoms with E-state index in [0.29, 0.717) is 12.4 Å². The van der Waals surface area contributed by atoms with Crippen LogP contribution < -0.4 is 16.0 Å². The molecule has 14 nitrogen and oxygen atoms in total. The summed E-state index contributed by atoms with van der Waals surface area (Å²) in [6.07, 6.45) is 0.544. The summed E-state index contributed by atoms with van der Waals surface area (Å²) in [7, 11) is 3.43. The van der Waals surface area contributed by atoms with Crippen LogP contribution in [0.1, 0.15) is 28.9 Å². The zero-order valence-electron chi connectivity index (χ0n) is 19.9. The molecule has 0 saturated carbocycles. The third-order valence-corrected chi connectivity index (χ3v) is 5.84. The van der Waals surface area contributed by atoms with Gasteiger partial charge >= 0.3 is 12.1 Å². The minimum Gasteiger partial charge on any atom is -0.465 e. The highest BCUT2D eigenvalue weighted by Gasteiger charge is 2.52. The number of nitrogens with zero attached hydrogens (tertiary/aromatic N) is 5. The number of hydrogen-bond donors (Lipinski definition) is 4. The van der Waals surface area contributed by atoms with E-state index in [4.69, 9.17) is 14.8 Å². The second kappa shape index (κ2) is 10.9. The minimum atomic E-state index is -1.17. The van der Waals surface area contributed by atoms with E-state index < -0.39 is 18.0 Å². The smallest absolute Gasteiger partial charge is 0.404 e. The van der Waals surface area contributed by atoms with Crippen molar-refractivity contribution in [2.45, 2.75) is 18.7 Å². The average molecular weight is 501 g/mol. The number of carbonyl (C=O) groups excluding carboxylic acids is 2. The molecule has 1 saturated heterocycles. The lowest BCUT2D eigenvalue weighted by Gasteiger charge is -2.31. The van der Waals surface area contributed by atoms with Crippen LogP contribution in [0.2, 0.25) is 0 Å². The van der Waals surface area contributed by atoms with E-state index in [2.05, 4.69) is 26.2 Å². The molecule has 2 aliphatic rings. The van der Waals surface area contributed by atoms with Crippen LogP contribution in [0.5, 0.6) is 0 Å². The van der Waals surface area contributed by atoms with Gasteiger partial charge in [0.1, 0.15) is 18.7 Å². The Morgan fingerprint density at radius 3 is 2.69 bits per heavy atom. The van der Waals surface area contributed by atoms with E-state index >= 15 is 0 Å². The largest absolute Gasteiger partial charge is 0.465 e. The number of amides is 4. The van der Waals surface area contributed by atoms with Crippen LogP contribution in [-0.4, -0.2) is 82.0 Å². The number of aryl methyl sites for hydroxylation is 1. The number of carbonyl (C=O) groups is 3. The summed E-state index contributed by atoms with van der Waals surface area (Å²) < 4.78 is 1.68. The molecule has 2 bridgehead atoms. The number of hydroxylamine groups is 2. The van der Waals surface area contributed by atoms with Crippen LogP contribution in [0.25, 0.3) is 0 Å². The van der Waals surface area contributed by atoms with E-state index in [1.807, 2.05) is 30.3 Å². The second-order valence-electron chi connectivity index (χ2n) is 8.13. The first kappa shape index (κ1) is 24.8. The third-order valence-electron chi connectivity index (χ3n) is 5.84. The number of aromatic nitrogens is 2. The number of fused-ring (bicyclic) bond motifs is 4. The molecular weight excluding hydrogens is 472 g/mol. The maximum atomic E-state index is 13.4. The zero-order valence-corrected chi connectivity index (χ0v) is 19.9. The van der Waals surface area contributed by atoms with Gasteiger partial charge in [-0.25, -0.2) is 9.59 Å². The molecule has 0 radical (unpaired) electrons. The number of benzene rings is 1. The second-order valence-corrected chi connectivity index (χ2v) is 8.13.